The molecular formula is C17H24O. The molecule has 98 valence electrons. The molecule has 2 rings (SSSR count). The largest absolute Gasteiger partial charge is 0.295 e. The summed E-state index contributed by atoms with van der Waals surface area (Å²) in [5.41, 5.74) is 6.63. The van der Waals surface area contributed by atoms with E-state index in [1.807, 2.05) is 0 Å². The fourth-order valence-electron chi connectivity index (χ4n) is 3.41. The van der Waals surface area contributed by atoms with Crippen molar-refractivity contribution >= 4 is 5.78 Å². The highest BCUT2D eigenvalue weighted by molar-refractivity contribution is 5.96. The van der Waals surface area contributed by atoms with Gasteiger partial charge in [-0.2, -0.15) is 0 Å². The first kappa shape index (κ1) is 13.3. The number of benzene rings is 1. The summed E-state index contributed by atoms with van der Waals surface area (Å²) < 4.78 is 0. The van der Waals surface area contributed by atoms with E-state index in [2.05, 4.69) is 47.6 Å². The molecule has 0 saturated carbocycles. The highest BCUT2D eigenvalue weighted by Gasteiger charge is 2.47. The van der Waals surface area contributed by atoms with E-state index in [-0.39, 0.29) is 16.6 Å². The summed E-state index contributed by atoms with van der Waals surface area (Å²) in [7, 11) is 0. The Kier molecular flexibility index (Phi) is 2.73. The first-order valence-electron chi connectivity index (χ1n) is 6.74. The van der Waals surface area contributed by atoms with Crippen molar-refractivity contribution in [1.82, 2.24) is 0 Å². The third kappa shape index (κ3) is 1.56. The topological polar surface area (TPSA) is 17.1 Å². The lowest BCUT2D eigenvalue weighted by atomic mass is 9.67. The highest BCUT2D eigenvalue weighted by Crippen LogP contribution is 2.53. The Morgan fingerprint density at radius 1 is 1.17 bits per heavy atom. The van der Waals surface area contributed by atoms with Crippen LogP contribution in [-0.2, 0) is 11.8 Å². The van der Waals surface area contributed by atoms with Crippen molar-refractivity contribution in [3.8, 4) is 0 Å². The molecule has 1 aliphatic carbocycles. The summed E-state index contributed by atoms with van der Waals surface area (Å²) >= 11 is 0. The highest BCUT2D eigenvalue weighted by atomic mass is 16.1. The van der Waals surface area contributed by atoms with Gasteiger partial charge in [0.05, 0.1) is 0 Å². The normalized spacial score (nSPS) is 19.7. The molecule has 0 spiro atoms. The van der Waals surface area contributed by atoms with E-state index in [0.29, 0.717) is 0 Å². The average molecular weight is 244 g/mol. The maximum absolute atomic E-state index is 11.8. The molecule has 0 aliphatic heterocycles. The summed E-state index contributed by atoms with van der Waals surface area (Å²) in [4.78, 5) is 11.8. The standard InChI is InChI=1S/C17H24O/c1-10-8-13(12(3)18)11(2)15-14(10)9-16(4,5)17(15,6)7/h8H,9H2,1-7H3. The third-order valence-corrected chi connectivity index (χ3v) is 5.23. The van der Waals surface area contributed by atoms with Crippen LogP contribution in [-0.4, -0.2) is 5.78 Å². The first-order valence-corrected chi connectivity index (χ1v) is 6.74. The lowest BCUT2D eigenvalue weighted by molar-refractivity contribution is 0.101. The predicted octanol–water partition coefficient (Wildman–Crippen LogP) is 4.37. The fourth-order valence-corrected chi connectivity index (χ4v) is 3.41. The Morgan fingerprint density at radius 3 is 2.22 bits per heavy atom. The van der Waals surface area contributed by atoms with Crippen LogP contribution in [0.1, 0.15) is 67.2 Å². The molecule has 0 radical (unpaired) electrons. The molecule has 1 aromatic carbocycles. The van der Waals surface area contributed by atoms with Crippen LogP contribution in [0, 0.1) is 19.3 Å². The van der Waals surface area contributed by atoms with E-state index in [4.69, 9.17) is 0 Å². The molecule has 18 heavy (non-hydrogen) atoms. The van der Waals surface area contributed by atoms with Gasteiger partial charge in [-0.05, 0) is 66.3 Å². The molecule has 0 N–H and O–H groups in total. The first-order chi connectivity index (χ1) is 8.09. The predicted molar refractivity (Wildman–Crippen MR) is 76.4 cm³/mol. The maximum Gasteiger partial charge on any atom is 0.160 e. The summed E-state index contributed by atoms with van der Waals surface area (Å²) in [5.74, 6) is 0.180. The van der Waals surface area contributed by atoms with E-state index in [1.165, 1.54) is 22.3 Å². The summed E-state index contributed by atoms with van der Waals surface area (Å²) in [6.45, 7) is 15.2. The van der Waals surface area contributed by atoms with Gasteiger partial charge in [0.1, 0.15) is 0 Å². The molecular weight excluding hydrogens is 220 g/mol. The van der Waals surface area contributed by atoms with Gasteiger partial charge in [-0.25, -0.2) is 0 Å². The van der Waals surface area contributed by atoms with Crippen LogP contribution in [0.15, 0.2) is 6.07 Å². The van der Waals surface area contributed by atoms with Gasteiger partial charge < -0.3 is 0 Å². The third-order valence-electron chi connectivity index (χ3n) is 5.23. The molecule has 0 aromatic heterocycles. The van der Waals surface area contributed by atoms with Crippen LogP contribution < -0.4 is 0 Å². The van der Waals surface area contributed by atoms with Gasteiger partial charge in [-0.3, -0.25) is 4.79 Å². The van der Waals surface area contributed by atoms with Crippen LogP contribution in [0.4, 0.5) is 0 Å². The molecule has 0 fully saturated rings. The lowest BCUT2D eigenvalue weighted by Gasteiger charge is -2.36. The van der Waals surface area contributed by atoms with E-state index < -0.39 is 0 Å². The molecule has 0 unspecified atom stereocenters. The molecule has 1 nitrogen and oxygen atoms in total. The molecule has 0 amide bonds. The Bertz CT molecular complexity index is 533. The number of fused-ring (bicyclic) bond motifs is 1. The van der Waals surface area contributed by atoms with Crippen LogP contribution >= 0.6 is 0 Å². The number of hydrogen-bond donors (Lipinski definition) is 0. The van der Waals surface area contributed by atoms with E-state index in [0.717, 1.165) is 12.0 Å². The van der Waals surface area contributed by atoms with Crippen molar-refractivity contribution < 1.29 is 4.79 Å². The minimum atomic E-state index is 0.128. The molecule has 1 heteroatoms. The molecule has 0 atom stereocenters. The van der Waals surface area contributed by atoms with Gasteiger partial charge in [-0.15, -0.1) is 0 Å². The summed E-state index contributed by atoms with van der Waals surface area (Å²) in [6.07, 6.45) is 1.11. The number of aryl methyl sites for hydroxylation is 1. The van der Waals surface area contributed by atoms with Crippen molar-refractivity contribution in [2.45, 2.75) is 60.3 Å². The van der Waals surface area contributed by atoms with Crippen molar-refractivity contribution in [1.29, 1.82) is 0 Å². The summed E-state index contributed by atoms with van der Waals surface area (Å²) in [5, 5.41) is 0. The van der Waals surface area contributed by atoms with E-state index in [9.17, 15) is 4.79 Å². The molecule has 1 aliphatic rings. The minimum absolute atomic E-state index is 0.128. The zero-order valence-electron chi connectivity index (χ0n) is 12.7. The van der Waals surface area contributed by atoms with Gasteiger partial charge >= 0.3 is 0 Å². The van der Waals surface area contributed by atoms with E-state index in [1.54, 1.807) is 6.92 Å². The van der Waals surface area contributed by atoms with Gasteiger partial charge in [0.2, 0.25) is 0 Å². The van der Waals surface area contributed by atoms with Crippen molar-refractivity contribution in [2.75, 3.05) is 0 Å². The minimum Gasteiger partial charge on any atom is -0.295 e. The quantitative estimate of drug-likeness (QED) is 0.671. The van der Waals surface area contributed by atoms with Crippen molar-refractivity contribution in [3.63, 3.8) is 0 Å². The zero-order chi connectivity index (χ0) is 13.9. The van der Waals surface area contributed by atoms with Crippen LogP contribution in [0.2, 0.25) is 0 Å². The number of hydrogen-bond acceptors (Lipinski definition) is 1. The van der Waals surface area contributed by atoms with Crippen molar-refractivity contribution in [2.24, 2.45) is 5.41 Å². The molecule has 0 saturated heterocycles. The number of Topliss-reactive ketones (excluding diaryl/α,β-unsaturated/α-hetero) is 1. The van der Waals surface area contributed by atoms with Gasteiger partial charge in [0, 0.05) is 5.56 Å². The molecule has 0 bridgehead atoms. The lowest BCUT2D eigenvalue weighted by Crippen LogP contribution is -2.32. The second-order valence-corrected chi connectivity index (χ2v) is 6.96. The summed E-state index contributed by atoms with van der Waals surface area (Å²) in [6, 6.07) is 2.08. The Balaban J connectivity index is 2.81. The Hall–Kier alpha value is -1.11. The monoisotopic (exact) mass is 244 g/mol. The second-order valence-electron chi connectivity index (χ2n) is 6.96. The van der Waals surface area contributed by atoms with Crippen LogP contribution in [0.5, 0.6) is 0 Å². The molecule has 0 heterocycles. The second kappa shape index (κ2) is 3.69. The fraction of sp³-hybridized carbons (Fsp3) is 0.588. The number of ketones is 1. The zero-order valence-corrected chi connectivity index (χ0v) is 12.7. The van der Waals surface area contributed by atoms with Gasteiger partial charge in [-0.1, -0.05) is 27.7 Å². The van der Waals surface area contributed by atoms with Gasteiger partial charge in [0.25, 0.3) is 0 Å². The Morgan fingerprint density at radius 2 is 1.72 bits per heavy atom. The van der Waals surface area contributed by atoms with E-state index >= 15 is 0 Å². The SMILES string of the molecule is CC(=O)c1cc(C)c2c(c1C)C(C)(C)C(C)(C)C2. The number of carbonyl (C=O) groups excluding carboxylic acids is 1. The molecule has 1 aromatic rings. The van der Waals surface area contributed by atoms with Crippen LogP contribution in [0.3, 0.4) is 0 Å². The number of carbonyl (C=O) groups is 1. The van der Waals surface area contributed by atoms with Gasteiger partial charge in [0.15, 0.2) is 5.78 Å². The maximum atomic E-state index is 11.8. The Labute approximate surface area is 111 Å². The number of rotatable bonds is 1. The smallest absolute Gasteiger partial charge is 0.160 e. The van der Waals surface area contributed by atoms with Crippen LogP contribution in [0.25, 0.3) is 0 Å². The average Bonchev–Trinajstić information content (AvgIpc) is 2.40. The van der Waals surface area contributed by atoms with Crippen molar-refractivity contribution in [3.05, 3.63) is 33.9 Å².